The van der Waals surface area contributed by atoms with Gasteiger partial charge in [0.15, 0.2) is 11.6 Å². The van der Waals surface area contributed by atoms with Gasteiger partial charge in [0.25, 0.3) is 0 Å². The first-order chi connectivity index (χ1) is 18.3. The van der Waals surface area contributed by atoms with Crippen molar-refractivity contribution in [2.24, 2.45) is 0 Å². The quantitative estimate of drug-likeness (QED) is 0.318. The number of nitrogens with zero attached hydrogens (tertiary/aromatic N) is 6. The summed E-state index contributed by atoms with van der Waals surface area (Å²) in [6.45, 7) is 0.294. The standard InChI is InChI=1S/C23H27ClF2N6O6/c1-36-22-16(6-12-7-32(30-27-12)23(4-5-33)10-37-11-23)38-17(9-34)21(35)20(22)31-8-15(28-29-31)13-2-3-14(24)19(26)18(13)25/h2-3,7-8,16-17,20-22,33-35H,4-6,9-11H2,1H3/t16-,17-,20+,21+,22+/m1/s1. The SMILES string of the molecule is CO[C@@H]1[C@@H](n2cc(-c3ccc(Cl)c(F)c3F)nn2)[C@@H](O)[C@@H](CO)O[C@@H]1Cc1cn(C2(CCO)COC2)nn1. The highest BCUT2D eigenvalue weighted by Crippen LogP contribution is 2.35. The normalized spacial score (nSPS) is 26.9. The number of hydrogen-bond donors (Lipinski definition) is 3. The largest absolute Gasteiger partial charge is 0.396 e. The van der Waals surface area contributed by atoms with Gasteiger partial charge in [-0.25, -0.2) is 18.1 Å². The van der Waals surface area contributed by atoms with E-state index in [1.54, 1.807) is 10.9 Å². The van der Waals surface area contributed by atoms with Gasteiger partial charge >= 0.3 is 0 Å². The molecule has 0 aliphatic carbocycles. The van der Waals surface area contributed by atoms with E-state index in [1.807, 2.05) is 0 Å². The minimum Gasteiger partial charge on any atom is -0.396 e. The molecular formula is C23H27ClF2N6O6. The van der Waals surface area contributed by atoms with Crippen molar-refractivity contribution in [3.05, 3.63) is 46.9 Å². The number of aliphatic hydroxyl groups is 3. The van der Waals surface area contributed by atoms with Gasteiger partial charge in [0.1, 0.15) is 35.6 Å². The highest BCUT2D eigenvalue weighted by Gasteiger charge is 2.48. The molecule has 0 unspecified atom stereocenters. The van der Waals surface area contributed by atoms with Crippen molar-refractivity contribution in [2.45, 2.75) is 48.8 Å². The van der Waals surface area contributed by atoms with E-state index in [1.165, 1.54) is 30.1 Å². The van der Waals surface area contributed by atoms with E-state index in [4.69, 9.17) is 25.8 Å². The van der Waals surface area contributed by atoms with E-state index >= 15 is 0 Å². The van der Waals surface area contributed by atoms with Crippen LogP contribution in [0.2, 0.25) is 5.02 Å². The summed E-state index contributed by atoms with van der Waals surface area (Å²) >= 11 is 5.65. The van der Waals surface area contributed by atoms with Crippen LogP contribution in [0.5, 0.6) is 0 Å². The number of aliphatic hydroxyl groups excluding tert-OH is 3. The summed E-state index contributed by atoms with van der Waals surface area (Å²) in [4.78, 5) is 0. The van der Waals surface area contributed by atoms with Crippen LogP contribution in [0.15, 0.2) is 24.5 Å². The van der Waals surface area contributed by atoms with Crippen molar-refractivity contribution in [2.75, 3.05) is 33.5 Å². The maximum Gasteiger partial charge on any atom is 0.178 e. The molecule has 5 atom stereocenters. The maximum absolute atomic E-state index is 14.5. The zero-order valence-electron chi connectivity index (χ0n) is 20.3. The Labute approximate surface area is 220 Å². The highest BCUT2D eigenvalue weighted by molar-refractivity contribution is 6.30. The predicted molar refractivity (Wildman–Crippen MR) is 126 cm³/mol. The Hall–Kier alpha value is -2.59. The number of aromatic nitrogens is 6. The highest BCUT2D eigenvalue weighted by atomic mass is 35.5. The monoisotopic (exact) mass is 556 g/mol. The van der Waals surface area contributed by atoms with Crippen LogP contribution in [-0.4, -0.2) is 103 Å². The number of methoxy groups -OCH3 is 1. The van der Waals surface area contributed by atoms with Crippen LogP contribution in [0.25, 0.3) is 11.3 Å². The topological polar surface area (TPSA) is 150 Å². The van der Waals surface area contributed by atoms with E-state index in [0.717, 1.165) is 0 Å². The molecule has 38 heavy (non-hydrogen) atoms. The number of ether oxygens (including phenoxy) is 3. The molecular weight excluding hydrogens is 530 g/mol. The molecule has 0 spiro atoms. The van der Waals surface area contributed by atoms with Gasteiger partial charge in [0.2, 0.25) is 0 Å². The second-order valence-electron chi connectivity index (χ2n) is 9.43. The molecule has 2 aliphatic rings. The smallest absolute Gasteiger partial charge is 0.178 e. The molecule has 0 amide bonds. The number of halogens is 3. The molecule has 3 N–H and O–H groups in total. The Balaban J connectivity index is 1.42. The second kappa shape index (κ2) is 10.9. The summed E-state index contributed by atoms with van der Waals surface area (Å²) in [5, 5.41) is 46.4. The van der Waals surface area contributed by atoms with Gasteiger partial charge in [-0.15, -0.1) is 10.2 Å². The lowest BCUT2D eigenvalue weighted by atomic mass is 9.90. The number of hydrogen-bond acceptors (Lipinski definition) is 10. The summed E-state index contributed by atoms with van der Waals surface area (Å²) in [7, 11) is 1.44. The third kappa shape index (κ3) is 4.70. The van der Waals surface area contributed by atoms with Crippen LogP contribution >= 0.6 is 11.6 Å². The van der Waals surface area contributed by atoms with E-state index in [9.17, 15) is 24.1 Å². The first-order valence-electron chi connectivity index (χ1n) is 11.9. The van der Waals surface area contributed by atoms with Crippen molar-refractivity contribution in [3.63, 3.8) is 0 Å². The molecule has 3 aromatic rings. The third-order valence-electron chi connectivity index (χ3n) is 7.12. The average Bonchev–Trinajstić information content (AvgIpc) is 3.55. The lowest BCUT2D eigenvalue weighted by Gasteiger charge is -2.43. The van der Waals surface area contributed by atoms with E-state index in [2.05, 4.69) is 20.6 Å². The van der Waals surface area contributed by atoms with Crippen molar-refractivity contribution in [3.8, 4) is 11.3 Å². The molecule has 4 heterocycles. The van der Waals surface area contributed by atoms with Crippen LogP contribution in [0, 0.1) is 11.6 Å². The second-order valence-corrected chi connectivity index (χ2v) is 9.84. The van der Waals surface area contributed by atoms with Gasteiger partial charge < -0.3 is 29.5 Å². The molecule has 1 aromatic carbocycles. The molecule has 2 saturated heterocycles. The van der Waals surface area contributed by atoms with Crippen molar-refractivity contribution in [1.29, 1.82) is 0 Å². The van der Waals surface area contributed by atoms with Crippen molar-refractivity contribution < 1.29 is 38.3 Å². The lowest BCUT2D eigenvalue weighted by molar-refractivity contribution is -0.212. The lowest BCUT2D eigenvalue weighted by Crippen LogP contribution is -2.57. The minimum atomic E-state index is -1.27. The van der Waals surface area contributed by atoms with Crippen LogP contribution < -0.4 is 0 Å². The number of benzene rings is 1. The van der Waals surface area contributed by atoms with Crippen molar-refractivity contribution in [1.82, 2.24) is 30.0 Å². The fraction of sp³-hybridized carbons (Fsp3) is 0.565. The van der Waals surface area contributed by atoms with Crippen LogP contribution in [0.1, 0.15) is 18.2 Å². The molecule has 206 valence electrons. The first-order valence-corrected chi connectivity index (χ1v) is 12.3. The van der Waals surface area contributed by atoms with E-state index < -0.39 is 54.2 Å². The average molecular weight is 557 g/mol. The molecule has 0 saturated carbocycles. The summed E-state index contributed by atoms with van der Waals surface area (Å²) in [6.07, 6.45) is 0.0263. The molecule has 0 radical (unpaired) electrons. The molecule has 2 aliphatic heterocycles. The predicted octanol–water partition coefficient (Wildman–Crippen LogP) is 0.495. The van der Waals surface area contributed by atoms with Crippen LogP contribution in [-0.2, 0) is 26.2 Å². The zero-order valence-corrected chi connectivity index (χ0v) is 21.1. The van der Waals surface area contributed by atoms with Gasteiger partial charge in [0, 0.05) is 38.3 Å². The fourth-order valence-corrected chi connectivity index (χ4v) is 5.11. The minimum absolute atomic E-state index is 0.0172. The van der Waals surface area contributed by atoms with E-state index in [0.29, 0.717) is 25.3 Å². The molecule has 2 fully saturated rings. The van der Waals surface area contributed by atoms with Crippen LogP contribution in [0.3, 0.4) is 0 Å². The summed E-state index contributed by atoms with van der Waals surface area (Å²) in [5.41, 5.74) is -0.0412. The molecule has 2 aromatic heterocycles. The Morgan fingerprint density at radius 2 is 1.92 bits per heavy atom. The van der Waals surface area contributed by atoms with Gasteiger partial charge in [-0.1, -0.05) is 22.0 Å². The number of rotatable bonds is 9. The maximum atomic E-state index is 14.5. The third-order valence-corrected chi connectivity index (χ3v) is 7.41. The first kappa shape index (κ1) is 27.0. The molecule has 12 nitrogen and oxygen atoms in total. The van der Waals surface area contributed by atoms with Crippen LogP contribution in [0.4, 0.5) is 8.78 Å². The fourth-order valence-electron chi connectivity index (χ4n) is 4.97. The summed E-state index contributed by atoms with van der Waals surface area (Å²) in [5.74, 6) is -2.38. The molecule has 15 heteroatoms. The Kier molecular flexibility index (Phi) is 7.73. The zero-order chi connectivity index (χ0) is 27.0. The van der Waals surface area contributed by atoms with Gasteiger partial charge in [-0.05, 0) is 12.1 Å². The Morgan fingerprint density at radius 1 is 1.13 bits per heavy atom. The Bertz CT molecular complexity index is 1270. The molecule has 0 bridgehead atoms. The molecule has 5 rings (SSSR count). The van der Waals surface area contributed by atoms with Gasteiger partial charge in [-0.2, -0.15) is 0 Å². The van der Waals surface area contributed by atoms with E-state index in [-0.39, 0.29) is 29.3 Å². The Morgan fingerprint density at radius 3 is 2.58 bits per heavy atom. The van der Waals surface area contributed by atoms with Gasteiger partial charge in [-0.3, -0.25) is 0 Å². The summed E-state index contributed by atoms with van der Waals surface area (Å²) in [6, 6.07) is 1.59. The summed E-state index contributed by atoms with van der Waals surface area (Å²) < 4.78 is 48.5. The van der Waals surface area contributed by atoms with Gasteiger partial charge in [0.05, 0.1) is 42.8 Å². The van der Waals surface area contributed by atoms with Crippen molar-refractivity contribution >= 4 is 11.6 Å².